The molecule has 0 heterocycles. The predicted octanol–water partition coefficient (Wildman–Crippen LogP) is 2.21. The van der Waals surface area contributed by atoms with Gasteiger partial charge in [0.2, 0.25) is 10.0 Å². The van der Waals surface area contributed by atoms with Gasteiger partial charge in [0.05, 0.1) is 0 Å². The summed E-state index contributed by atoms with van der Waals surface area (Å²) in [5, 5.41) is 2.90. The molecule has 0 bridgehead atoms. The van der Waals surface area contributed by atoms with Crippen molar-refractivity contribution in [1.82, 2.24) is 9.62 Å². The Morgan fingerprint density at radius 1 is 1.40 bits per heavy atom. The van der Waals surface area contributed by atoms with E-state index in [2.05, 4.69) is 5.32 Å². The third kappa shape index (κ3) is 4.01. The highest BCUT2D eigenvalue weighted by molar-refractivity contribution is 7.89. The lowest BCUT2D eigenvalue weighted by molar-refractivity contribution is 0.391. The maximum Gasteiger partial charge on any atom is 0.245 e. The summed E-state index contributed by atoms with van der Waals surface area (Å²) in [6, 6.07) is 4.23. The average molecular weight is 302 g/mol. The molecule has 4 nitrogen and oxygen atoms in total. The van der Waals surface area contributed by atoms with E-state index < -0.39 is 15.8 Å². The standard InChI is InChI=1S/C14H23FN2O2S/c1-5-11(2)10-17(4)20(18,19)14-7-6-12(9-16-3)8-13(14)15/h6-8,11,16H,5,9-10H2,1-4H3. The van der Waals surface area contributed by atoms with Crippen LogP contribution in [0, 0.1) is 11.7 Å². The molecule has 0 amide bonds. The summed E-state index contributed by atoms with van der Waals surface area (Å²) < 4.78 is 39.9. The highest BCUT2D eigenvalue weighted by Gasteiger charge is 2.25. The summed E-state index contributed by atoms with van der Waals surface area (Å²) in [7, 11) is -0.528. The van der Waals surface area contributed by atoms with E-state index in [1.54, 1.807) is 13.1 Å². The van der Waals surface area contributed by atoms with Gasteiger partial charge in [0.25, 0.3) is 0 Å². The monoisotopic (exact) mass is 302 g/mol. The highest BCUT2D eigenvalue weighted by Crippen LogP contribution is 2.20. The first-order valence-corrected chi connectivity index (χ1v) is 8.16. The zero-order chi connectivity index (χ0) is 15.3. The van der Waals surface area contributed by atoms with E-state index >= 15 is 0 Å². The number of nitrogens with one attached hydrogen (secondary N) is 1. The number of nitrogens with zero attached hydrogens (tertiary/aromatic N) is 1. The Balaban J connectivity index is 3.03. The third-order valence-corrected chi connectivity index (χ3v) is 5.19. The van der Waals surface area contributed by atoms with Crippen LogP contribution in [0.4, 0.5) is 4.39 Å². The van der Waals surface area contributed by atoms with E-state index in [1.165, 1.54) is 23.5 Å². The molecule has 1 aromatic rings. The van der Waals surface area contributed by atoms with Gasteiger partial charge >= 0.3 is 0 Å². The molecular formula is C14H23FN2O2S. The van der Waals surface area contributed by atoms with Crippen molar-refractivity contribution in [2.75, 3.05) is 20.6 Å². The van der Waals surface area contributed by atoms with Crippen LogP contribution >= 0.6 is 0 Å². The quantitative estimate of drug-likeness (QED) is 0.840. The van der Waals surface area contributed by atoms with Crippen LogP contribution in [0.25, 0.3) is 0 Å². The lowest BCUT2D eigenvalue weighted by atomic mass is 10.1. The van der Waals surface area contributed by atoms with Crippen LogP contribution in [0.5, 0.6) is 0 Å². The van der Waals surface area contributed by atoms with E-state index in [0.29, 0.717) is 18.7 Å². The summed E-state index contributed by atoms with van der Waals surface area (Å²) in [5.74, 6) is -0.463. The van der Waals surface area contributed by atoms with Crippen molar-refractivity contribution in [3.8, 4) is 0 Å². The fraction of sp³-hybridized carbons (Fsp3) is 0.571. The molecule has 0 aliphatic carbocycles. The molecule has 20 heavy (non-hydrogen) atoms. The molecule has 0 aromatic heterocycles. The number of halogens is 1. The number of hydrogen-bond donors (Lipinski definition) is 1. The van der Waals surface area contributed by atoms with Gasteiger partial charge in [0.1, 0.15) is 10.7 Å². The summed E-state index contributed by atoms with van der Waals surface area (Å²) in [6.45, 7) is 4.85. The van der Waals surface area contributed by atoms with Gasteiger partial charge in [-0.05, 0) is 30.7 Å². The van der Waals surface area contributed by atoms with Gasteiger partial charge in [-0.1, -0.05) is 26.3 Å². The molecule has 1 rings (SSSR count). The molecule has 6 heteroatoms. The molecule has 1 atom stereocenters. The molecule has 0 saturated carbocycles. The SMILES string of the molecule is CCC(C)CN(C)S(=O)(=O)c1ccc(CNC)cc1F. The normalized spacial score (nSPS) is 13.7. The highest BCUT2D eigenvalue weighted by atomic mass is 32.2. The molecule has 0 radical (unpaired) electrons. The Kier molecular flexibility index (Phi) is 6.10. The Hall–Kier alpha value is -0.980. The van der Waals surface area contributed by atoms with Crippen LogP contribution in [0.3, 0.4) is 0 Å². The zero-order valence-electron chi connectivity index (χ0n) is 12.5. The lowest BCUT2D eigenvalue weighted by Crippen LogP contribution is -2.31. The molecular weight excluding hydrogens is 279 g/mol. The first-order chi connectivity index (χ1) is 9.32. The Morgan fingerprint density at radius 3 is 2.55 bits per heavy atom. The van der Waals surface area contributed by atoms with Gasteiger partial charge in [-0.15, -0.1) is 0 Å². The largest absolute Gasteiger partial charge is 0.316 e. The molecule has 1 aromatic carbocycles. The second kappa shape index (κ2) is 7.15. The molecule has 0 spiro atoms. The average Bonchev–Trinajstić information content (AvgIpc) is 2.38. The lowest BCUT2D eigenvalue weighted by Gasteiger charge is -2.21. The van der Waals surface area contributed by atoms with E-state index in [1.807, 2.05) is 13.8 Å². The van der Waals surface area contributed by atoms with Crippen molar-refractivity contribution >= 4 is 10.0 Å². The van der Waals surface area contributed by atoms with Gasteiger partial charge in [-0.2, -0.15) is 0 Å². The molecule has 114 valence electrons. The minimum absolute atomic E-state index is 0.237. The Morgan fingerprint density at radius 2 is 2.05 bits per heavy atom. The smallest absolute Gasteiger partial charge is 0.245 e. The molecule has 1 N–H and O–H groups in total. The number of hydrogen-bond acceptors (Lipinski definition) is 3. The van der Waals surface area contributed by atoms with E-state index in [9.17, 15) is 12.8 Å². The Bertz CT molecular complexity index is 546. The number of benzene rings is 1. The van der Waals surface area contributed by atoms with Crippen molar-refractivity contribution < 1.29 is 12.8 Å². The van der Waals surface area contributed by atoms with Crippen LogP contribution in [-0.4, -0.2) is 33.4 Å². The van der Waals surface area contributed by atoms with Crippen molar-refractivity contribution in [3.05, 3.63) is 29.6 Å². The summed E-state index contributed by atoms with van der Waals surface area (Å²) in [5.41, 5.74) is 0.716. The Labute approximate surface area is 121 Å². The van der Waals surface area contributed by atoms with Crippen LogP contribution in [0.1, 0.15) is 25.8 Å². The first kappa shape index (κ1) is 17.1. The maximum atomic E-state index is 14.0. The van der Waals surface area contributed by atoms with Crippen LogP contribution in [0.2, 0.25) is 0 Å². The molecule has 0 aliphatic rings. The predicted molar refractivity (Wildman–Crippen MR) is 78.4 cm³/mol. The minimum atomic E-state index is -3.77. The van der Waals surface area contributed by atoms with Crippen LogP contribution in [-0.2, 0) is 16.6 Å². The summed E-state index contributed by atoms with van der Waals surface area (Å²) in [4.78, 5) is -0.261. The second-order valence-corrected chi connectivity index (χ2v) is 7.11. The van der Waals surface area contributed by atoms with Gasteiger partial charge in [0.15, 0.2) is 0 Å². The van der Waals surface area contributed by atoms with Gasteiger partial charge in [0, 0.05) is 20.1 Å². The van der Waals surface area contributed by atoms with E-state index in [0.717, 1.165) is 6.42 Å². The zero-order valence-corrected chi connectivity index (χ0v) is 13.3. The summed E-state index contributed by atoms with van der Waals surface area (Å²) >= 11 is 0. The van der Waals surface area contributed by atoms with Crippen LogP contribution < -0.4 is 5.32 Å². The number of rotatable bonds is 7. The fourth-order valence-corrected chi connectivity index (χ4v) is 3.23. The fourth-order valence-electron chi connectivity index (χ4n) is 1.90. The van der Waals surface area contributed by atoms with Crippen LogP contribution in [0.15, 0.2) is 23.1 Å². The van der Waals surface area contributed by atoms with Gasteiger partial charge in [-0.3, -0.25) is 0 Å². The molecule has 0 fully saturated rings. The van der Waals surface area contributed by atoms with Gasteiger partial charge in [-0.25, -0.2) is 17.1 Å². The summed E-state index contributed by atoms with van der Waals surface area (Å²) in [6.07, 6.45) is 0.878. The molecule has 1 unspecified atom stereocenters. The van der Waals surface area contributed by atoms with Crippen molar-refractivity contribution in [2.45, 2.75) is 31.7 Å². The second-order valence-electron chi connectivity index (χ2n) is 5.09. The molecule has 0 aliphatic heterocycles. The number of sulfonamides is 1. The minimum Gasteiger partial charge on any atom is -0.316 e. The maximum absolute atomic E-state index is 14.0. The van der Waals surface area contributed by atoms with Gasteiger partial charge < -0.3 is 5.32 Å². The van der Waals surface area contributed by atoms with Crippen molar-refractivity contribution in [3.63, 3.8) is 0 Å². The van der Waals surface area contributed by atoms with Crippen molar-refractivity contribution in [1.29, 1.82) is 0 Å². The topological polar surface area (TPSA) is 49.4 Å². The first-order valence-electron chi connectivity index (χ1n) is 6.72. The van der Waals surface area contributed by atoms with Crippen molar-refractivity contribution in [2.24, 2.45) is 5.92 Å². The molecule has 0 saturated heterocycles. The third-order valence-electron chi connectivity index (χ3n) is 3.33. The van der Waals surface area contributed by atoms with E-state index in [-0.39, 0.29) is 10.8 Å². The van der Waals surface area contributed by atoms with E-state index in [4.69, 9.17) is 0 Å².